The number of amides is 1. The van der Waals surface area contributed by atoms with Gasteiger partial charge in [-0.3, -0.25) is 4.79 Å². The minimum atomic E-state index is -1.18. The van der Waals surface area contributed by atoms with Crippen LogP contribution in [0.4, 0.5) is 5.69 Å². The fourth-order valence-electron chi connectivity index (χ4n) is 2.02. The van der Waals surface area contributed by atoms with Gasteiger partial charge in [-0.05, 0) is 25.5 Å². The number of hydrogen-bond donors (Lipinski definition) is 0. The van der Waals surface area contributed by atoms with Gasteiger partial charge in [0.1, 0.15) is 11.7 Å². The molecular weight excluding hydrogens is 228 g/mol. The standard InChI is InChI=1S/C14H14N2O2/c1-3-9-14(10-17)11(2)15-16(13(14)18)12-7-5-4-6-8-12/h3-8,10H,1,9H2,2H3. The minimum absolute atomic E-state index is 0.272. The molecule has 1 aromatic carbocycles. The molecule has 1 atom stereocenters. The summed E-state index contributed by atoms with van der Waals surface area (Å²) in [4.78, 5) is 23.7. The van der Waals surface area contributed by atoms with E-state index in [-0.39, 0.29) is 12.3 Å². The second-order valence-corrected chi connectivity index (χ2v) is 4.22. The Bertz CT molecular complexity index is 522. The summed E-state index contributed by atoms with van der Waals surface area (Å²) in [5.41, 5.74) is -0.0155. The summed E-state index contributed by atoms with van der Waals surface area (Å²) in [6.07, 6.45) is 2.51. The van der Waals surface area contributed by atoms with E-state index in [0.29, 0.717) is 17.7 Å². The molecule has 1 aliphatic heterocycles. The van der Waals surface area contributed by atoms with Crippen LogP contribution in [0.1, 0.15) is 13.3 Å². The molecule has 92 valence electrons. The van der Waals surface area contributed by atoms with Crippen molar-refractivity contribution in [2.45, 2.75) is 13.3 Å². The zero-order chi connectivity index (χ0) is 13.2. The topological polar surface area (TPSA) is 49.7 Å². The molecule has 0 saturated heterocycles. The number of hydrogen-bond acceptors (Lipinski definition) is 3. The first-order chi connectivity index (χ1) is 8.65. The SMILES string of the molecule is C=CCC1(C=O)C(=O)N(c2ccccc2)N=C1C. The monoisotopic (exact) mass is 242 g/mol. The average molecular weight is 242 g/mol. The zero-order valence-corrected chi connectivity index (χ0v) is 10.2. The van der Waals surface area contributed by atoms with Gasteiger partial charge in [0.05, 0.1) is 11.4 Å². The number of hydrazone groups is 1. The Morgan fingerprint density at radius 3 is 2.61 bits per heavy atom. The van der Waals surface area contributed by atoms with Crippen molar-refractivity contribution < 1.29 is 9.59 Å². The average Bonchev–Trinajstić information content (AvgIpc) is 2.65. The van der Waals surface area contributed by atoms with E-state index in [1.165, 1.54) is 5.01 Å². The molecule has 1 unspecified atom stereocenters. The summed E-state index contributed by atoms with van der Waals surface area (Å²) in [5, 5.41) is 5.49. The summed E-state index contributed by atoms with van der Waals surface area (Å²) in [5.74, 6) is -0.318. The second-order valence-electron chi connectivity index (χ2n) is 4.22. The highest BCUT2D eigenvalue weighted by atomic mass is 16.2. The van der Waals surface area contributed by atoms with E-state index < -0.39 is 5.41 Å². The van der Waals surface area contributed by atoms with Gasteiger partial charge >= 0.3 is 0 Å². The highest BCUT2D eigenvalue weighted by Crippen LogP contribution is 2.34. The number of carbonyl (C=O) groups excluding carboxylic acids is 2. The molecular formula is C14H14N2O2. The number of carbonyl (C=O) groups is 2. The number of para-hydroxylation sites is 1. The molecule has 2 rings (SSSR count). The maximum atomic E-state index is 12.4. The van der Waals surface area contributed by atoms with Crippen molar-refractivity contribution in [3.05, 3.63) is 43.0 Å². The second kappa shape index (κ2) is 4.56. The van der Waals surface area contributed by atoms with Crippen LogP contribution in [0.3, 0.4) is 0 Å². The van der Waals surface area contributed by atoms with Gasteiger partial charge in [0, 0.05) is 0 Å². The third-order valence-corrected chi connectivity index (χ3v) is 3.14. The van der Waals surface area contributed by atoms with Gasteiger partial charge in [-0.25, -0.2) is 0 Å². The van der Waals surface area contributed by atoms with Crippen LogP contribution in [0.15, 0.2) is 48.1 Å². The van der Waals surface area contributed by atoms with Gasteiger partial charge in [0.25, 0.3) is 5.91 Å². The Morgan fingerprint density at radius 1 is 1.39 bits per heavy atom. The van der Waals surface area contributed by atoms with Gasteiger partial charge in [-0.2, -0.15) is 10.1 Å². The lowest BCUT2D eigenvalue weighted by Gasteiger charge is -2.20. The largest absolute Gasteiger partial charge is 0.302 e. The fourth-order valence-corrected chi connectivity index (χ4v) is 2.02. The fraction of sp³-hybridized carbons (Fsp3) is 0.214. The van der Waals surface area contributed by atoms with Crippen LogP contribution < -0.4 is 5.01 Å². The van der Waals surface area contributed by atoms with Crippen LogP contribution in [0, 0.1) is 5.41 Å². The molecule has 0 aliphatic carbocycles. The first-order valence-electron chi connectivity index (χ1n) is 5.68. The maximum absolute atomic E-state index is 12.4. The smallest absolute Gasteiger partial charge is 0.266 e. The summed E-state index contributed by atoms with van der Waals surface area (Å²) in [6.45, 7) is 5.29. The van der Waals surface area contributed by atoms with E-state index in [0.717, 1.165) is 0 Å². The van der Waals surface area contributed by atoms with E-state index in [1.807, 2.05) is 18.2 Å². The first-order valence-corrected chi connectivity index (χ1v) is 5.68. The van der Waals surface area contributed by atoms with Crippen molar-refractivity contribution in [1.82, 2.24) is 0 Å². The molecule has 4 nitrogen and oxygen atoms in total. The Labute approximate surface area is 106 Å². The van der Waals surface area contributed by atoms with Crippen LogP contribution in [0.2, 0.25) is 0 Å². The van der Waals surface area contributed by atoms with Gasteiger partial charge in [-0.1, -0.05) is 24.3 Å². The van der Waals surface area contributed by atoms with Crippen molar-refractivity contribution in [2.75, 3.05) is 5.01 Å². The first kappa shape index (κ1) is 12.2. The summed E-state index contributed by atoms with van der Waals surface area (Å²) in [7, 11) is 0. The summed E-state index contributed by atoms with van der Waals surface area (Å²) in [6, 6.07) is 9.06. The van der Waals surface area contributed by atoms with Crippen LogP contribution in [0.25, 0.3) is 0 Å². The van der Waals surface area contributed by atoms with E-state index in [4.69, 9.17) is 0 Å². The molecule has 0 N–H and O–H groups in total. The van der Waals surface area contributed by atoms with Crippen LogP contribution >= 0.6 is 0 Å². The van der Waals surface area contributed by atoms with Crippen molar-refractivity contribution in [3.8, 4) is 0 Å². The Morgan fingerprint density at radius 2 is 2.06 bits per heavy atom. The molecule has 1 aromatic rings. The van der Waals surface area contributed by atoms with Crippen molar-refractivity contribution >= 4 is 23.6 Å². The van der Waals surface area contributed by atoms with Crippen molar-refractivity contribution in [1.29, 1.82) is 0 Å². The molecule has 18 heavy (non-hydrogen) atoms. The van der Waals surface area contributed by atoms with Gasteiger partial charge in [0.15, 0.2) is 0 Å². The lowest BCUT2D eigenvalue weighted by atomic mass is 9.81. The molecule has 0 spiro atoms. The van der Waals surface area contributed by atoms with Crippen LogP contribution in [-0.4, -0.2) is 17.9 Å². The van der Waals surface area contributed by atoms with E-state index in [9.17, 15) is 9.59 Å². The number of rotatable bonds is 4. The molecule has 1 aliphatic rings. The Hall–Kier alpha value is -2.23. The molecule has 0 radical (unpaired) electrons. The van der Waals surface area contributed by atoms with E-state index in [2.05, 4.69) is 11.7 Å². The number of aldehydes is 1. The van der Waals surface area contributed by atoms with Gasteiger partial charge in [-0.15, -0.1) is 6.58 Å². The molecule has 0 fully saturated rings. The zero-order valence-electron chi connectivity index (χ0n) is 10.2. The number of nitrogens with zero attached hydrogens (tertiary/aromatic N) is 2. The normalized spacial score (nSPS) is 22.8. The molecule has 1 heterocycles. The predicted octanol–water partition coefficient (Wildman–Crippen LogP) is 2.17. The lowest BCUT2D eigenvalue weighted by molar-refractivity contribution is -0.129. The third-order valence-electron chi connectivity index (χ3n) is 3.14. The Balaban J connectivity index is 2.43. The van der Waals surface area contributed by atoms with Crippen LogP contribution in [-0.2, 0) is 9.59 Å². The predicted molar refractivity (Wildman–Crippen MR) is 70.3 cm³/mol. The maximum Gasteiger partial charge on any atom is 0.266 e. The number of allylic oxidation sites excluding steroid dienone is 1. The van der Waals surface area contributed by atoms with Gasteiger partial charge in [0.2, 0.25) is 0 Å². The van der Waals surface area contributed by atoms with Crippen molar-refractivity contribution in [2.24, 2.45) is 10.5 Å². The third kappa shape index (κ3) is 1.66. The molecule has 0 aromatic heterocycles. The number of benzene rings is 1. The minimum Gasteiger partial charge on any atom is -0.302 e. The molecule has 0 bridgehead atoms. The number of anilines is 1. The summed E-state index contributed by atoms with van der Waals surface area (Å²) >= 11 is 0. The lowest BCUT2D eigenvalue weighted by Crippen LogP contribution is -2.40. The molecule has 1 amide bonds. The summed E-state index contributed by atoms with van der Waals surface area (Å²) < 4.78 is 0. The van der Waals surface area contributed by atoms with Gasteiger partial charge < -0.3 is 4.79 Å². The highest BCUT2D eigenvalue weighted by molar-refractivity contribution is 6.27. The van der Waals surface area contributed by atoms with Crippen molar-refractivity contribution in [3.63, 3.8) is 0 Å². The molecule has 0 saturated carbocycles. The van der Waals surface area contributed by atoms with Crippen LogP contribution in [0.5, 0.6) is 0 Å². The Kier molecular flexibility index (Phi) is 3.10. The van der Waals surface area contributed by atoms with E-state index >= 15 is 0 Å². The van der Waals surface area contributed by atoms with E-state index in [1.54, 1.807) is 25.1 Å². The molecule has 4 heteroatoms. The highest BCUT2D eigenvalue weighted by Gasteiger charge is 2.48. The quantitative estimate of drug-likeness (QED) is 0.461.